The molecule has 2 atom stereocenters. The molecule has 1 aliphatic rings. The zero-order chi connectivity index (χ0) is 13.3. The lowest BCUT2D eigenvalue weighted by Crippen LogP contribution is -2.47. The molecule has 0 unspecified atom stereocenters. The summed E-state index contributed by atoms with van der Waals surface area (Å²) >= 11 is 0. The Bertz CT molecular complexity index is 518. The second-order valence-electron chi connectivity index (χ2n) is 5.04. The van der Waals surface area contributed by atoms with Crippen molar-refractivity contribution in [3.8, 4) is 0 Å². The highest BCUT2D eigenvalue weighted by molar-refractivity contribution is 7.89. The van der Waals surface area contributed by atoms with E-state index in [2.05, 4.69) is 0 Å². The number of hydrogen-bond acceptors (Lipinski definition) is 3. The highest BCUT2D eigenvalue weighted by Crippen LogP contribution is 2.29. The number of hydrogen-bond donors (Lipinski definition) is 1. The number of nitrogens with two attached hydrogens (primary N) is 1. The molecule has 0 radical (unpaired) electrons. The van der Waals surface area contributed by atoms with E-state index in [1.165, 1.54) is 6.07 Å². The normalized spacial score (nSPS) is 26.1. The van der Waals surface area contributed by atoms with Crippen LogP contribution in [0.5, 0.6) is 0 Å². The predicted octanol–water partition coefficient (Wildman–Crippen LogP) is 2.22. The first-order valence-corrected chi connectivity index (χ1v) is 7.76. The molecule has 5 heteroatoms. The summed E-state index contributed by atoms with van der Waals surface area (Å²) in [7, 11) is -3.43. The summed E-state index contributed by atoms with van der Waals surface area (Å²) in [6.07, 6.45) is 2.93. The van der Waals surface area contributed by atoms with Crippen LogP contribution >= 0.6 is 0 Å². The maximum absolute atomic E-state index is 12.6. The van der Waals surface area contributed by atoms with E-state index in [1.807, 2.05) is 13.8 Å². The number of sulfonamides is 1. The summed E-state index contributed by atoms with van der Waals surface area (Å²) in [6, 6.07) is 6.63. The molecule has 0 spiro atoms. The Kier molecular flexibility index (Phi) is 3.64. The van der Waals surface area contributed by atoms with Crippen LogP contribution in [0.25, 0.3) is 0 Å². The Hall–Kier alpha value is -1.07. The largest absolute Gasteiger partial charge is 0.399 e. The standard InChI is InChI=1S/C13H20N2O2S/c1-10-5-3-6-11(2)15(10)18(16,17)13-8-4-7-12(14)9-13/h4,7-11H,3,5-6,14H2,1-2H3/t10-,11-/m1/s1. The molecule has 0 amide bonds. The van der Waals surface area contributed by atoms with E-state index in [1.54, 1.807) is 22.5 Å². The summed E-state index contributed by atoms with van der Waals surface area (Å²) in [6.45, 7) is 3.94. The van der Waals surface area contributed by atoms with Gasteiger partial charge in [-0.1, -0.05) is 12.5 Å². The molecule has 2 rings (SSSR count). The van der Waals surface area contributed by atoms with Gasteiger partial charge in [-0.2, -0.15) is 4.31 Å². The van der Waals surface area contributed by atoms with Gasteiger partial charge >= 0.3 is 0 Å². The van der Waals surface area contributed by atoms with Crippen LogP contribution < -0.4 is 5.73 Å². The van der Waals surface area contributed by atoms with Gasteiger partial charge in [-0.3, -0.25) is 0 Å². The maximum atomic E-state index is 12.6. The molecule has 1 aromatic rings. The van der Waals surface area contributed by atoms with E-state index in [0.29, 0.717) is 10.6 Å². The van der Waals surface area contributed by atoms with Gasteiger partial charge in [0.2, 0.25) is 10.0 Å². The Morgan fingerprint density at radius 2 is 1.83 bits per heavy atom. The first kappa shape index (κ1) is 13.4. The molecule has 100 valence electrons. The molecule has 1 saturated heterocycles. The molecule has 1 aromatic carbocycles. The average molecular weight is 268 g/mol. The van der Waals surface area contributed by atoms with Crippen LogP contribution in [0.4, 0.5) is 5.69 Å². The molecule has 0 aliphatic carbocycles. The van der Waals surface area contributed by atoms with Crippen LogP contribution in [0.15, 0.2) is 29.2 Å². The third-order valence-corrected chi connectivity index (χ3v) is 5.67. The van der Waals surface area contributed by atoms with Gasteiger partial charge in [-0.15, -0.1) is 0 Å². The number of rotatable bonds is 2. The Morgan fingerprint density at radius 1 is 1.22 bits per heavy atom. The molecule has 0 aromatic heterocycles. The minimum atomic E-state index is -3.43. The Morgan fingerprint density at radius 3 is 2.39 bits per heavy atom. The summed E-state index contributed by atoms with van der Waals surface area (Å²) in [4.78, 5) is 0.295. The van der Waals surface area contributed by atoms with Gasteiger partial charge in [0.05, 0.1) is 4.90 Å². The highest BCUT2D eigenvalue weighted by Gasteiger charge is 2.35. The SMILES string of the molecule is C[C@@H]1CCC[C@@H](C)N1S(=O)(=O)c1cccc(N)c1. The first-order chi connectivity index (χ1) is 8.43. The lowest BCUT2D eigenvalue weighted by atomic mass is 10.0. The maximum Gasteiger partial charge on any atom is 0.243 e. The van der Waals surface area contributed by atoms with Crippen molar-refractivity contribution in [2.45, 2.75) is 50.1 Å². The number of anilines is 1. The second-order valence-corrected chi connectivity index (χ2v) is 6.88. The molecule has 2 N–H and O–H groups in total. The number of piperidine rings is 1. The second kappa shape index (κ2) is 4.90. The Balaban J connectivity index is 2.41. The molecule has 0 bridgehead atoms. The van der Waals surface area contributed by atoms with Crippen molar-refractivity contribution in [2.24, 2.45) is 0 Å². The fraction of sp³-hybridized carbons (Fsp3) is 0.538. The van der Waals surface area contributed by atoms with Gasteiger partial charge in [0.25, 0.3) is 0 Å². The highest BCUT2D eigenvalue weighted by atomic mass is 32.2. The van der Waals surface area contributed by atoms with E-state index in [0.717, 1.165) is 19.3 Å². The molecule has 4 nitrogen and oxygen atoms in total. The van der Waals surface area contributed by atoms with Crippen LogP contribution in [0, 0.1) is 0 Å². The van der Waals surface area contributed by atoms with Crippen molar-refractivity contribution < 1.29 is 8.42 Å². The fourth-order valence-electron chi connectivity index (χ4n) is 2.67. The zero-order valence-electron chi connectivity index (χ0n) is 10.8. The van der Waals surface area contributed by atoms with Crippen molar-refractivity contribution in [1.82, 2.24) is 4.31 Å². The molecule has 0 saturated carbocycles. The van der Waals surface area contributed by atoms with Crippen LogP contribution in [0.1, 0.15) is 33.1 Å². The fourth-order valence-corrected chi connectivity index (χ4v) is 4.61. The van der Waals surface area contributed by atoms with E-state index in [9.17, 15) is 8.42 Å². The van der Waals surface area contributed by atoms with Crippen LogP contribution in [0.3, 0.4) is 0 Å². The summed E-state index contributed by atoms with van der Waals surface area (Å²) < 4.78 is 26.9. The van der Waals surface area contributed by atoms with Gasteiger partial charge < -0.3 is 5.73 Å². The quantitative estimate of drug-likeness (QED) is 0.836. The Labute approximate surface area is 109 Å². The van der Waals surface area contributed by atoms with Crippen molar-refractivity contribution >= 4 is 15.7 Å². The van der Waals surface area contributed by atoms with Crippen LogP contribution in [-0.4, -0.2) is 24.8 Å². The molecular formula is C13H20N2O2S. The van der Waals surface area contributed by atoms with Crippen LogP contribution in [0.2, 0.25) is 0 Å². The van der Waals surface area contributed by atoms with E-state index in [4.69, 9.17) is 5.73 Å². The summed E-state index contributed by atoms with van der Waals surface area (Å²) in [5.74, 6) is 0. The van der Waals surface area contributed by atoms with Gasteiger partial charge in [0.1, 0.15) is 0 Å². The smallest absolute Gasteiger partial charge is 0.243 e. The molecule has 18 heavy (non-hydrogen) atoms. The van der Waals surface area contributed by atoms with Gasteiger partial charge in [0.15, 0.2) is 0 Å². The third-order valence-electron chi connectivity index (χ3n) is 3.55. The molecule has 1 heterocycles. The minimum absolute atomic E-state index is 0.0557. The average Bonchev–Trinajstić information content (AvgIpc) is 2.28. The lowest BCUT2D eigenvalue weighted by Gasteiger charge is -2.37. The van der Waals surface area contributed by atoms with Crippen molar-refractivity contribution in [3.05, 3.63) is 24.3 Å². The van der Waals surface area contributed by atoms with Crippen molar-refractivity contribution in [3.63, 3.8) is 0 Å². The topological polar surface area (TPSA) is 63.4 Å². The van der Waals surface area contributed by atoms with Gasteiger partial charge in [-0.25, -0.2) is 8.42 Å². The lowest BCUT2D eigenvalue weighted by molar-refractivity contribution is 0.204. The predicted molar refractivity (Wildman–Crippen MR) is 72.7 cm³/mol. The zero-order valence-corrected chi connectivity index (χ0v) is 11.7. The van der Waals surface area contributed by atoms with Gasteiger partial charge in [-0.05, 0) is 44.9 Å². The molecular weight excluding hydrogens is 248 g/mol. The monoisotopic (exact) mass is 268 g/mol. The van der Waals surface area contributed by atoms with E-state index >= 15 is 0 Å². The van der Waals surface area contributed by atoms with E-state index in [-0.39, 0.29) is 12.1 Å². The third kappa shape index (κ3) is 2.37. The molecule has 1 aliphatic heterocycles. The number of nitrogens with zero attached hydrogens (tertiary/aromatic N) is 1. The minimum Gasteiger partial charge on any atom is -0.399 e. The van der Waals surface area contributed by atoms with Crippen molar-refractivity contribution in [1.29, 1.82) is 0 Å². The van der Waals surface area contributed by atoms with Gasteiger partial charge in [0, 0.05) is 17.8 Å². The van der Waals surface area contributed by atoms with Crippen LogP contribution in [-0.2, 0) is 10.0 Å². The van der Waals surface area contributed by atoms with E-state index < -0.39 is 10.0 Å². The number of nitrogen functional groups attached to an aromatic ring is 1. The number of benzene rings is 1. The first-order valence-electron chi connectivity index (χ1n) is 6.32. The summed E-state index contributed by atoms with van der Waals surface area (Å²) in [5, 5.41) is 0. The van der Waals surface area contributed by atoms with Crippen molar-refractivity contribution in [2.75, 3.05) is 5.73 Å². The molecule has 1 fully saturated rings. The summed E-state index contributed by atoms with van der Waals surface area (Å²) in [5.41, 5.74) is 6.15.